The van der Waals surface area contributed by atoms with Gasteiger partial charge in [-0.25, -0.2) is 0 Å². The molecular formula is C18H18BrN3O. The van der Waals surface area contributed by atoms with Crippen molar-refractivity contribution in [1.82, 2.24) is 15.1 Å². The zero-order valence-corrected chi connectivity index (χ0v) is 14.7. The number of hydrogen-bond acceptors (Lipinski definition) is 2. The Morgan fingerprint density at radius 3 is 2.70 bits per heavy atom. The van der Waals surface area contributed by atoms with Crippen LogP contribution < -0.4 is 5.32 Å². The topological polar surface area (TPSA) is 46.9 Å². The van der Waals surface area contributed by atoms with Gasteiger partial charge in [-0.15, -0.1) is 0 Å². The maximum absolute atomic E-state index is 12.5. The molecule has 0 aliphatic heterocycles. The minimum atomic E-state index is -0.365. The third-order valence-corrected chi connectivity index (χ3v) is 4.73. The van der Waals surface area contributed by atoms with Crippen molar-refractivity contribution in [2.24, 2.45) is 0 Å². The van der Waals surface area contributed by atoms with Crippen molar-refractivity contribution in [1.29, 1.82) is 0 Å². The molecule has 0 saturated carbocycles. The van der Waals surface area contributed by atoms with E-state index in [1.165, 1.54) is 0 Å². The molecule has 0 radical (unpaired) electrons. The number of hydrogen-bond donors (Lipinski definition) is 1. The van der Waals surface area contributed by atoms with Gasteiger partial charge in [0.2, 0.25) is 5.91 Å². The molecule has 1 heterocycles. The number of nitrogens with one attached hydrogen (secondary N) is 1. The number of carbonyl (C=O) groups is 1. The molecule has 0 fully saturated rings. The van der Waals surface area contributed by atoms with Crippen LogP contribution in [0, 0.1) is 6.92 Å². The van der Waals surface area contributed by atoms with Crippen LogP contribution in [0.15, 0.2) is 53.0 Å². The zero-order valence-electron chi connectivity index (χ0n) is 13.1. The van der Waals surface area contributed by atoms with E-state index in [-0.39, 0.29) is 11.9 Å². The molecule has 1 N–H and O–H groups in total. The predicted molar refractivity (Wildman–Crippen MR) is 95.2 cm³/mol. The Kier molecular flexibility index (Phi) is 4.48. The molecule has 0 saturated heterocycles. The Hall–Kier alpha value is -2.14. The molecule has 2 aromatic carbocycles. The van der Waals surface area contributed by atoms with E-state index in [0.717, 1.165) is 26.6 Å². The smallest absolute Gasteiger partial charge is 0.244 e. The lowest BCUT2D eigenvalue weighted by Crippen LogP contribution is -2.31. The summed E-state index contributed by atoms with van der Waals surface area (Å²) in [5, 5.41) is 8.59. The number of halogens is 1. The zero-order chi connectivity index (χ0) is 16.4. The highest BCUT2D eigenvalue weighted by Gasteiger charge is 2.19. The van der Waals surface area contributed by atoms with Crippen LogP contribution in [0.25, 0.3) is 10.9 Å². The van der Waals surface area contributed by atoms with E-state index in [4.69, 9.17) is 0 Å². The van der Waals surface area contributed by atoms with E-state index in [9.17, 15) is 4.79 Å². The maximum atomic E-state index is 12.5. The fourth-order valence-corrected chi connectivity index (χ4v) is 3.05. The summed E-state index contributed by atoms with van der Waals surface area (Å²) in [6.45, 7) is 4.32. The molecule has 1 atom stereocenters. The summed E-state index contributed by atoms with van der Waals surface area (Å²) in [4.78, 5) is 12.5. The summed E-state index contributed by atoms with van der Waals surface area (Å²) in [6, 6.07) is 15.5. The Morgan fingerprint density at radius 1 is 1.22 bits per heavy atom. The quantitative estimate of drug-likeness (QED) is 0.753. The lowest BCUT2D eigenvalue weighted by atomic mass is 10.2. The molecular weight excluding hydrogens is 354 g/mol. The molecule has 0 aliphatic rings. The van der Waals surface area contributed by atoms with E-state index < -0.39 is 0 Å². The molecule has 5 heteroatoms. The number of aromatic nitrogens is 2. The molecule has 4 nitrogen and oxygen atoms in total. The van der Waals surface area contributed by atoms with Crippen LogP contribution in [0.4, 0.5) is 0 Å². The van der Waals surface area contributed by atoms with Crippen molar-refractivity contribution in [2.45, 2.75) is 26.4 Å². The predicted octanol–water partition coefficient (Wildman–Crippen LogP) is 3.98. The first-order valence-corrected chi connectivity index (χ1v) is 8.32. The van der Waals surface area contributed by atoms with Gasteiger partial charge >= 0.3 is 0 Å². The molecule has 0 spiro atoms. The summed E-state index contributed by atoms with van der Waals surface area (Å²) < 4.78 is 2.79. The van der Waals surface area contributed by atoms with Crippen LogP contribution >= 0.6 is 15.9 Å². The number of nitrogens with zero attached hydrogens (tertiary/aromatic N) is 2. The minimum Gasteiger partial charge on any atom is -0.350 e. The first kappa shape index (κ1) is 15.7. The van der Waals surface area contributed by atoms with Crippen LogP contribution in [0.2, 0.25) is 0 Å². The van der Waals surface area contributed by atoms with Gasteiger partial charge in [0.1, 0.15) is 6.04 Å². The van der Waals surface area contributed by atoms with Gasteiger partial charge in [-0.3, -0.25) is 9.48 Å². The van der Waals surface area contributed by atoms with Gasteiger partial charge < -0.3 is 5.32 Å². The average Bonchev–Trinajstić information content (AvgIpc) is 2.90. The highest BCUT2D eigenvalue weighted by molar-refractivity contribution is 9.10. The summed E-state index contributed by atoms with van der Waals surface area (Å²) in [7, 11) is 0. The van der Waals surface area contributed by atoms with E-state index in [1.807, 2.05) is 62.4 Å². The molecule has 23 heavy (non-hydrogen) atoms. The van der Waals surface area contributed by atoms with Gasteiger partial charge in [-0.2, -0.15) is 5.10 Å². The van der Waals surface area contributed by atoms with Gasteiger partial charge in [0.25, 0.3) is 0 Å². The number of fused-ring (bicyclic) bond motifs is 1. The molecule has 1 aromatic heterocycles. The monoisotopic (exact) mass is 371 g/mol. The molecule has 0 bridgehead atoms. The average molecular weight is 372 g/mol. The Balaban J connectivity index is 1.78. The van der Waals surface area contributed by atoms with Crippen LogP contribution in [0.3, 0.4) is 0 Å². The van der Waals surface area contributed by atoms with E-state index >= 15 is 0 Å². The molecule has 1 amide bonds. The second-order valence-electron chi connectivity index (χ2n) is 5.53. The number of aryl methyl sites for hydroxylation is 1. The normalized spacial score (nSPS) is 12.3. The number of rotatable bonds is 4. The summed E-state index contributed by atoms with van der Waals surface area (Å²) in [5.41, 5.74) is 2.97. The second kappa shape index (κ2) is 6.54. The van der Waals surface area contributed by atoms with Crippen molar-refractivity contribution in [3.63, 3.8) is 0 Å². The van der Waals surface area contributed by atoms with E-state index in [0.29, 0.717) is 6.54 Å². The molecule has 3 rings (SSSR count). The highest BCUT2D eigenvalue weighted by Crippen LogP contribution is 2.21. The first-order chi connectivity index (χ1) is 11.1. The van der Waals surface area contributed by atoms with Crippen molar-refractivity contribution in [3.8, 4) is 0 Å². The molecule has 1 unspecified atom stereocenters. The maximum Gasteiger partial charge on any atom is 0.244 e. The van der Waals surface area contributed by atoms with Gasteiger partial charge in [-0.1, -0.05) is 52.3 Å². The lowest BCUT2D eigenvalue weighted by molar-refractivity contribution is -0.124. The first-order valence-electron chi connectivity index (χ1n) is 7.53. The van der Waals surface area contributed by atoms with Crippen molar-refractivity contribution in [2.75, 3.05) is 0 Å². The van der Waals surface area contributed by atoms with Crippen molar-refractivity contribution in [3.05, 3.63) is 64.3 Å². The van der Waals surface area contributed by atoms with Crippen LogP contribution in [0.1, 0.15) is 24.2 Å². The van der Waals surface area contributed by atoms with E-state index in [1.54, 1.807) is 4.68 Å². The summed E-state index contributed by atoms with van der Waals surface area (Å²) in [5.74, 6) is -0.0472. The molecule has 0 aliphatic carbocycles. The molecule has 118 valence electrons. The fraction of sp³-hybridized carbons (Fsp3) is 0.222. The van der Waals surface area contributed by atoms with Gasteiger partial charge in [0.15, 0.2) is 0 Å². The van der Waals surface area contributed by atoms with Crippen molar-refractivity contribution >= 4 is 32.7 Å². The number of amides is 1. The minimum absolute atomic E-state index is 0.0472. The third-order valence-electron chi connectivity index (χ3n) is 3.96. The van der Waals surface area contributed by atoms with Crippen LogP contribution in [-0.2, 0) is 11.3 Å². The highest BCUT2D eigenvalue weighted by atomic mass is 79.9. The molecule has 3 aromatic rings. The Labute approximate surface area is 143 Å². The van der Waals surface area contributed by atoms with Crippen molar-refractivity contribution < 1.29 is 4.79 Å². The number of benzene rings is 2. The SMILES string of the molecule is Cc1nn(C(C)C(=O)NCc2ccccc2Br)c2ccccc12. The standard InChI is InChI=1S/C18H18BrN3O/c1-12-15-8-4-6-10-17(15)22(21-12)13(2)18(23)20-11-14-7-3-5-9-16(14)19/h3-10,13H,11H2,1-2H3,(H,20,23). The van der Waals surface area contributed by atoms with Gasteiger partial charge in [0, 0.05) is 16.4 Å². The largest absolute Gasteiger partial charge is 0.350 e. The Bertz CT molecular complexity index is 856. The van der Waals surface area contributed by atoms with Gasteiger partial charge in [-0.05, 0) is 31.5 Å². The third kappa shape index (κ3) is 3.15. The summed E-state index contributed by atoms with van der Waals surface area (Å²) >= 11 is 3.50. The van der Waals surface area contributed by atoms with Crippen LogP contribution in [-0.4, -0.2) is 15.7 Å². The van der Waals surface area contributed by atoms with Gasteiger partial charge in [0.05, 0.1) is 11.2 Å². The summed E-state index contributed by atoms with van der Waals surface area (Å²) in [6.07, 6.45) is 0. The van der Waals surface area contributed by atoms with Crippen LogP contribution in [0.5, 0.6) is 0 Å². The fourth-order valence-electron chi connectivity index (χ4n) is 2.63. The van der Waals surface area contributed by atoms with E-state index in [2.05, 4.69) is 26.3 Å². The number of para-hydroxylation sites is 1. The number of carbonyl (C=O) groups excluding carboxylic acids is 1. The second-order valence-corrected chi connectivity index (χ2v) is 6.39. The lowest BCUT2D eigenvalue weighted by Gasteiger charge is -2.14. The Morgan fingerprint density at radius 2 is 1.91 bits per heavy atom.